The molecule has 0 radical (unpaired) electrons. The van der Waals surface area contributed by atoms with Gasteiger partial charge in [0.2, 0.25) is 0 Å². The Morgan fingerprint density at radius 3 is 0.842 bits per heavy atom. The predicted molar refractivity (Wildman–Crippen MR) is 176 cm³/mol. The Hall–Kier alpha value is -2.38. The zero-order valence-corrected chi connectivity index (χ0v) is 27.1. The first-order valence-electron chi connectivity index (χ1n) is 12.0. The first-order chi connectivity index (χ1) is 18.3. The van der Waals surface area contributed by atoms with E-state index in [0.717, 1.165) is 52.0 Å². The Morgan fingerprint density at radius 1 is 0.368 bits per heavy atom. The van der Waals surface area contributed by atoms with Gasteiger partial charge in [-0.05, 0) is 128 Å². The molecule has 0 saturated heterocycles. The van der Waals surface area contributed by atoms with Gasteiger partial charge >= 0.3 is 0 Å². The predicted octanol–water partition coefficient (Wildman–Crippen LogP) is 12.3. The van der Waals surface area contributed by atoms with Crippen molar-refractivity contribution >= 4 is 97.8 Å². The highest BCUT2D eigenvalue weighted by atomic mass is 79.9. The van der Waals surface area contributed by atoms with Gasteiger partial charge in [-0.25, -0.2) is 0 Å². The molecule has 0 aromatic heterocycles. The molecule has 0 fully saturated rings. The summed E-state index contributed by atoms with van der Waals surface area (Å²) in [5.74, 6) is 0. The average Bonchev–Trinajstić information content (AvgIpc) is 2.91. The van der Waals surface area contributed by atoms with E-state index in [-0.39, 0.29) is 0 Å². The van der Waals surface area contributed by atoms with E-state index < -0.39 is 0 Å². The van der Waals surface area contributed by atoms with Gasteiger partial charge in [0, 0.05) is 40.6 Å². The number of halogens is 4. The molecule has 0 aliphatic heterocycles. The Bertz CT molecular complexity index is 1340. The van der Waals surface area contributed by atoms with Crippen molar-refractivity contribution in [2.75, 3.05) is 9.80 Å². The number of hydrogen-bond acceptors (Lipinski definition) is 2. The molecule has 0 aliphatic carbocycles. The van der Waals surface area contributed by atoms with Crippen LogP contribution in [0.3, 0.4) is 0 Å². The molecule has 0 bridgehead atoms. The van der Waals surface area contributed by atoms with Crippen molar-refractivity contribution in [3.8, 4) is 0 Å². The summed E-state index contributed by atoms with van der Waals surface area (Å²) in [5.41, 5.74) is 9.00. The summed E-state index contributed by atoms with van der Waals surface area (Å²) in [6, 6.07) is 38.4. The fourth-order valence-electron chi connectivity index (χ4n) is 4.53. The summed E-state index contributed by atoms with van der Waals surface area (Å²) in [5, 5.41) is 0. The van der Waals surface area contributed by atoms with E-state index in [9.17, 15) is 0 Å². The van der Waals surface area contributed by atoms with Crippen molar-refractivity contribution in [1.82, 2.24) is 0 Å². The standard InChI is InChI=1S/C32H24Br4N2/c1-21-19-22(2)32(38(29-15-7-25(35)8-16-29)30-17-9-26(36)10-18-30)20-31(21)37(27-11-3-23(33)4-12-27)28-13-5-24(34)6-14-28/h3-20H,1-2H3. The van der Waals surface area contributed by atoms with Crippen molar-refractivity contribution in [2.24, 2.45) is 0 Å². The topological polar surface area (TPSA) is 6.48 Å². The van der Waals surface area contributed by atoms with Gasteiger partial charge in [-0.3, -0.25) is 0 Å². The lowest BCUT2D eigenvalue weighted by Gasteiger charge is -2.32. The molecular formula is C32H24Br4N2. The van der Waals surface area contributed by atoms with Crippen LogP contribution in [0, 0.1) is 13.8 Å². The van der Waals surface area contributed by atoms with E-state index >= 15 is 0 Å². The Morgan fingerprint density at radius 2 is 0.605 bits per heavy atom. The minimum Gasteiger partial charge on any atom is -0.310 e. The van der Waals surface area contributed by atoms with Crippen LogP contribution < -0.4 is 9.80 Å². The van der Waals surface area contributed by atoms with E-state index in [0.29, 0.717) is 0 Å². The molecular weight excluding hydrogens is 732 g/mol. The van der Waals surface area contributed by atoms with Crippen LogP contribution in [0.15, 0.2) is 127 Å². The van der Waals surface area contributed by atoms with Crippen LogP contribution in [-0.2, 0) is 0 Å². The Kier molecular flexibility index (Phi) is 8.44. The van der Waals surface area contributed by atoms with Crippen LogP contribution >= 0.6 is 63.7 Å². The molecule has 0 saturated carbocycles. The quantitative estimate of drug-likeness (QED) is 0.170. The molecule has 0 amide bonds. The second-order valence-electron chi connectivity index (χ2n) is 9.00. The lowest BCUT2D eigenvalue weighted by atomic mass is 10.0. The monoisotopic (exact) mass is 752 g/mol. The van der Waals surface area contributed by atoms with Gasteiger partial charge in [0.25, 0.3) is 0 Å². The normalized spacial score (nSPS) is 10.9. The van der Waals surface area contributed by atoms with Crippen molar-refractivity contribution in [3.63, 3.8) is 0 Å². The van der Waals surface area contributed by atoms with Crippen LogP contribution in [0.4, 0.5) is 34.1 Å². The second kappa shape index (κ2) is 11.8. The molecule has 6 heteroatoms. The van der Waals surface area contributed by atoms with E-state index in [1.807, 2.05) is 0 Å². The van der Waals surface area contributed by atoms with Crippen LogP contribution in [0.5, 0.6) is 0 Å². The zero-order valence-electron chi connectivity index (χ0n) is 20.8. The number of hydrogen-bond donors (Lipinski definition) is 0. The van der Waals surface area contributed by atoms with Gasteiger partial charge in [0.1, 0.15) is 0 Å². The fraction of sp³-hybridized carbons (Fsp3) is 0.0625. The summed E-state index contributed by atoms with van der Waals surface area (Å²) < 4.78 is 4.20. The van der Waals surface area contributed by atoms with Gasteiger partial charge in [-0.15, -0.1) is 0 Å². The molecule has 5 rings (SSSR count). The number of anilines is 6. The number of rotatable bonds is 6. The molecule has 38 heavy (non-hydrogen) atoms. The highest BCUT2D eigenvalue weighted by Gasteiger charge is 2.21. The van der Waals surface area contributed by atoms with Crippen LogP contribution in [0.2, 0.25) is 0 Å². The van der Waals surface area contributed by atoms with Crippen molar-refractivity contribution in [3.05, 3.63) is 138 Å². The molecule has 0 atom stereocenters. The van der Waals surface area contributed by atoms with E-state index in [4.69, 9.17) is 0 Å². The molecule has 0 unspecified atom stereocenters. The van der Waals surface area contributed by atoms with Crippen molar-refractivity contribution < 1.29 is 0 Å². The Labute approximate surface area is 257 Å². The largest absolute Gasteiger partial charge is 0.310 e. The number of benzene rings is 5. The maximum atomic E-state index is 3.60. The third-order valence-electron chi connectivity index (χ3n) is 6.34. The maximum Gasteiger partial charge on any atom is 0.0511 e. The summed E-state index contributed by atoms with van der Waals surface area (Å²) in [4.78, 5) is 4.64. The third-order valence-corrected chi connectivity index (χ3v) is 8.45. The summed E-state index contributed by atoms with van der Waals surface area (Å²) >= 11 is 14.4. The van der Waals surface area contributed by atoms with Crippen LogP contribution in [-0.4, -0.2) is 0 Å². The lowest BCUT2D eigenvalue weighted by Crippen LogP contribution is -2.15. The van der Waals surface area contributed by atoms with Gasteiger partial charge in [0.05, 0.1) is 11.4 Å². The zero-order chi connectivity index (χ0) is 26.8. The number of aryl methyl sites for hydroxylation is 2. The van der Waals surface area contributed by atoms with Gasteiger partial charge in [-0.2, -0.15) is 0 Å². The SMILES string of the molecule is Cc1cc(C)c(N(c2ccc(Br)cc2)c2ccc(Br)cc2)cc1N(c1ccc(Br)cc1)c1ccc(Br)cc1. The number of nitrogens with zero attached hydrogens (tertiary/aromatic N) is 2. The van der Waals surface area contributed by atoms with E-state index in [2.05, 4.69) is 197 Å². The van der Waals surface area contributed by atoms with Crippen molar-refractivity contribution in [1.29, 1.82) is 0 Å². The van der Waals surface area contributed by atoms with Gasteiger partial charge < -0.3 is 9.80 Å². The molecule has 5 aromatic carbocycles. The summed E-state index contributed by atoms with van der Waals surface area (Å²) in [6.07, 6.45) is 0. The molecule has 0 spiro atoms. The third kappa shape index (κ3) is 5.94. The lowest BCUT2D eigenvalue weighted by molar-refractivity contribution is 1.20. The van der Waals surface area contributed by atoms with Gasteiger partial charge in [0.15, 0.2) is 0 Å². The minimum atomic E-state index is 1.05. The highest BCUT2D eigenvalue weighted by molar-refractivity contribution is 9.11. The molecule has 0 heterocycles. The van der Waals surface area contributed by atoms with E-state index in [1.54, 1.807) is 0 Å². The first-order valence-corrected chi connectivity index (χ1v) is 15.2. The maximum absolute atomic E-state index is 3.60. The fourth-order valence-corrected chi connectivity index (χ4v) is 5.58. The molecule has 0 N–H and O–H groups in total. The van der Waals surface area contributed by atoms with Crippen molar-refractivity contribution in [2.45, 2.75) is 13.8 Å². The highest BCUT2D eigenvalue weighted by Crippen LogP contribution is 2.44. The summed E-state index contributed by atoms with van der Waals surface area (Å²) in [6.45, 7) is 4.36. The van der Waals surface area contributed by atoms with Crippen LogP contribution in [0.25, 0.3) is 0 Å². The molecule has 5 aromatic rings. The Balaban J connectivity index is 1.73. The summed E-state index contributed by atoms with van der Waals surface area (Å²) in [7, 11) is 0. The molecule has 2 nitrogen and oxygen atoms in total. The molecule has 190 valence electrons. The van der Waals surface area contributed by atoms with E-state index in [1.165, 1.54) is 11.1 Å². The second-order valence-corrected chi connectivity index (χ2v) is 12.7. The minimum absolute atomic E-state index is 1.05. The average molecular weight is 756 g/mol. The van der Waals surface area contributed by atoms with Gasteiger partial charge in [-0.1, -0.05) is 69.8 Å². The first kappa shape index (κ1) is 27.2. The van der Waals surface area contributed by atoms with Crippen LogP contribution in [0.1, 0.15) is 11.1 Å². The molecule has 0 aliphatic rings. The smallest absolute Gasteiger partial charge is 0.0511 e.